The topological polar surface area (TPSA) is 23.0 Å². The first-order valence-electron chi connectivity index (χ1n) is 18.2. The fourth-order valence-electron chi connectivity index (χ4n) is 8.91. The summed E-state index contributed by atoms with van der Waals surface area (Å²) in [7, 11) is 0. The van der Waals surface area contributed by atoms with Gasteiger partial charge in [0.1, 0.15) is 11.2 Å². The Labute approximate surface area is 304 Å². The minimum Gasteiger partial charge on any atom is -0.455 e. The van der Waals surface area contributed by atoms with Crippen molar-refractivity contribution in [3.63, 3.8) is 0 Å². The largest absolute Gasteiger partial charge is 0.455 e. The van der Waals surface area contributed by atoms with E-state index in [1.54, 1.807) is 0 Å². The quantitative estimate of drug-likeness (QED) is 0.170. The van der Waals surface area contributed by atoms with E-state index in [0.717, 1.165) is 38.8 Å². The Morgan fingerprint density at radius 2 is 1.00 bits per heavy atom. The normalized spacial score (nSPS) is 12.2. The summed E-state index contributed by atoms with van der Waals surface area (Å²) in [6.07, 6.45) is 0. The number of benzene rings is 9. The Hall–Kier alpha value is -7.10. The Bertz CT molecular complexity index is 3380. The zero-order chi connectivity index (χ0) is 34.6. The van der Waals surface area contributed by atoms with E-state index in [1.165, 1.54) is 71.2 Å². The molecule has 0 spiro atoms. The maximum Gasteiger partial charge on any atom is 0.143 e. The Kier molecular flexibility index (Phi) is 5.77. The maximum absolute atomic E-state index is 6.38. The molecule has 0 aliphatic rings. The van der Waals surface area contributed by atoms with E-state index in [-0.39, 0.29) is 0 Å². The van der Waals surface area contributed by atoms with Crippen molar-refractivity contribution in [3.8, 4) is 33.6 Å². The van der Waals surface area contributed by atoms with Gasteiger partial charge in [0.25, 0.3) is 0 Å². The summed E-state index contributed by atoms with van der Waals surface area (Å²) in [5.74, 6) is 0. The number of aromatic nitrogens is 2. The minimum atomic E-state index is 0.916. The summed E-state index contributed by atoms with van der Waals surface area (Å²) in [6, 6.07) is 66.0. The van der Waals surface area contributed by atoms with Crippen molar-refractivity contribution in [2.24, 2.45) is 0 Å². The van der Waals surface area contributed by atoms with E-state index in [0.29, 0.717) is 0 Å². The van der Waals surface area contributed by atoms with Gasteiger partial charge in [-0.05, 0) is 94.2 Å². The lowest BCUT2D eigenvalue weighted by Crippen LogP contribution is -1.94. The fraction of sp³-hybridized carbons (Fsp3) is 0. The Morgan fingerprint density at radius 3 is 1.91 bits per heavy atom. The van der Waals surface area contributed by atoms with Crippen LogP contribution in [0.15, 0.2) is 186 Å². The first kappa shape index (κ1) is 28.6. The van der Waals surface area contributed by atoms with Gasteiger partial charge in [0, 0.05) is 49.3 Å². The molecule has 3 aromatic heterocycles. The van der Waals surface area contributed by atoms with Crippen LogP contribution in [0.1, 0.15) is 0 Å². The maximum atomic E-state index is 6.38. The van der Waals surface area contributed by atoms with E-state index in [2.05, 4.69) is 179 Å². The molecule has 3 heteroatoms. The molecule has 3 heterocycles. The Morgan fingerprint density at radius 1 is 0.340 bits per heavy atom. The van der Waals surface area contributed by atoms with Crippen LogP contribution < -0.4 is 0 Å². The molecule has 0 atom stereocenters. The highest BCUT2D eigenvalue weighted by Crippen LogP contribution is 2.43. The van der Waals surface area contributed by atoms with Gasteiger partial charge >= 0.3 is 0 Å². The van der Waals surface area contributed by atoms with Gasteiger partial charge in [-0.2, -0.15) is 0 Å². The number of fused-ring (bicyclic) bond motifs is 6. The third-order valence-corrected chi connectivity index (χ3v) is 11.3. The second kappa shape index (κ2) is 10.7. The minimum absolute atomic E-state index is 0.916. The first-order chi connectivity index (χ1) is 26.3. The summed E-state index contributed by atoms with van der Waals surface area (Å²) in [6.45, 7) is 0. The van der Waals surface area contributed by atoms with Crippen LogP contribution in [0.2, 0.25) is 0 Å². The van der Waals surface area contributed by atoms with Crippen LogP contribution in [-0.4, -0.2) is 9.13 Å². The monoisotopic (exact) mass is 674 g/mol. The zero-order valence-electron chi connectivity index (χ0n) is 28.6. The van der Waals surface area contributed by atoms with Gasteiger partial charge in [0.15, 0.2) is 0 Å². The summed E-state index contributed by atoms with van der Waals surface area (Å²) >= 11 is 0. The van der Waals surface area contributed by atoms with E-state index in [9.17, 15) is 0 Å². The molecule has 12 aromatic rings. The van der Waals surface area contributed by atoms with Gasteiger partial charge in [0.05, 0.1) is 22.1 Å². The van der Waals surface area contributed by atoms with E-state index < -0.39 is 0 Å². The van der Waals surface area contributed by atoms with Crippen molar-refractivity contribution >= 4 is 76.3 Å². The predicted molar refractivity (Wildman–Crippen MR) is 222 cm³/mol. The van der Waals surface area contributed by atoms with Crippen LogP contribution in [0.25, 0.3) is 110 Å². The van der Waals surface area contributed by atoms with Crippen LogP contribution in [0, 0.1) is 0 Å². The number of hydrogen-bond donors (Lipinski definition) is 0. The number of nitrogens with zero attached hydrogens (tertiary/aromatic N) is 2. The van der Waals surface area contributed by atoms with E-state index in [1.807, 2.05) is 12.1 Å². The molecular formula is C50H30N2O. The molecular weight excluding hydrogens is 645 g/mol. The van der Waals surface area contributed by atoms with Crippen molar-refractivity contribution in [2.75, 3.05) is 0 Å². The van der Waals surface area contributed by atoms with E-state index in [4.69, 9.17) is 4.42 Å². The van der Waals surface area contributed by atoms with Crippen LogP contribution in [0.5, 0.6) is 0 Å². The molecule has 0 radical (unpaired) electrons. The van der Waals surface area contributed by atoms with Crippen molar-refractivity contribution in [2.45, 2.75) is 0 Å². The molecule has 0 N–H and O–H groups in total. The van der Waals surface area contributed by atoms with Gasteiger partial charge in [-0.25, -0.2) is 0 Å². The van der Waals surface area contributed by atoms with E-state index >= 15 is 0 Å². The van der Waals surface area contributed by atoms with Crippen molar-refractivity contribution in [1.29, 1.82) is 0 Å². The van der Waals surface area contributed by atoms with Crippen LogP contribution in [-0.2, 0) is 0 Å². The molecule has 0 fully saturated rings. The molecule has 246 valence electrons. The average Bonchev–Trinajstić information content (AvgIpc) is 3.88. The average molecular weight is 675 g/mol. The van der Waals surface area contributed by atoms with Gasteiger partial charge in [-0.15, -0.1) is 0 Å². The molecule has 0 saturated heterocycles. The summed E-state index contributed by atoms with van der Waals surface area (Å²) < 4.78 is 11.2. The van der Waals surface area contributed by atoms with Gasteiger partial charge in [-0.1, -0.05) is 115 Å². The van der Waals surface area contributed by atoms with Crippen LogP contribution in [0.4, 0.5) is 0 Å². The van der Waals surface area contributed by atoms with Crippen molar-refractivity contribution in [3.05, 3.63) is 182 Å². The summed E-state index contributed by atoms with van der Waals surface area (Å²) in [5, 5.41) is 9.96. The number of rotatable bonds is 4. The second-order valence-electron chi connectivity index (χ2n) is 14.1. The Balaban J connectivity index is 1.02. The molecule has 0 unspecified atom stereocenters. The summed E-state index contributed by atoms with van der Waals surface area (Å²) in [5.41, 5.74) is 13.7. The van der Waals surface area contributed by atoms with Crippen molar-refractivity contribution < 1.29 is 4.42 Å². The molecule has 9 aromatic carbocycles. The number of hydrogen-bond acceptors (Lipinski definition) is 1. The number of para-hydroxylation sites is 4. The third-order valence-electron chi connectivity index (χ3n) is 11.3. The highest BCUT2D eigenvalue weighted by atomic mass is 16.3. The van der Waals surface area contributed by atoms with Gasteiger partial charge in [-0.3, -0.25) is 0 Å². The van der Waals surface area contributed by atoms with Crippen LogP contribution >= 0.6 is 0 Å². The second-order valence-corrected chi connectivity index (χ2v) is 14.1. The first-order valence-corrected chi connectivity index (χ1v) is 18.2. The van der Waals surface area contributed by atoms with Crippen molar-refractivity contribution in [1.82, 2.24) is 9.13 Å². The number of furan rings is 1. The smallest absolute Gasteiger partial charge is 0.143 e. The lowest BCUT2D eigenvalue weighted by molar-refractivity contribution is 0.670. The fourth-order valence-corrected chi connectivity index (χ4v) is 8.91. The molecule has 12 rings (SSSR count). The third kappa shape index (κ3) is 4.05. The highest BCUT2D eigenvalue weighted by molar-refractivity contribution is 6.25. The zero-order valence-corrected chi connectivity index (χ0v) is 28.6. The molecule has 3 nitrogen and oxygen atoms in total. The molecule has 0 aliphatic carbocycles. The lowest BCUT2D eigenvalue weighted by atomic mass is 9.96. The molecule has 0 amide bonds. The molecule has 0 saturated carbocycles. The molecule has 53 heavy (non-hydrogen) atoms. The predicted octanol–water partition coefficient (Wildman–Crippen LogP) is 13.7. The van der Waals surface area contributed by atoms with Crippen LogP contribution in [0.3, 0.4) is 0 Å². The molecule has 0 aliphatic heterocycles. The SMILES string of the molecule is c1ccc(-n2c3cccc4ccc5cc(-c6ccc7c(c6)c6ccccc6n7-c6ccc(-c7cccc8c7oc7ccccc78)cc6)cc2c5c43)cc1. The highest BCUT2D eigenvalue weighted by Gasteiger charge is 2.19. The summed E-state index contributed by atoms with van der Waals surface area (Å²) in [4.78, 5) is 0. The van der Waals surface area contributed by atoms with Gasteiger partial charge in [0.2, 0.25) is 0 Å². The van der Waals surface area contributed by atoms with Gasteiger partial charge < -0.3 is 13.6 Å². The lowest BCUT2D eigenvalue weighted by Gasteiger charge is -2.11. The molecule has 0 bridgehead atoms. The standard InChI is InChI=1S/C50H30N2O/c1-2-11-36(12-3-1)52-45-18-8-10-32-20-21-34-28-35(30-46(52)49(34)48(32)45)33-24-27-44-42(29-33)39-13-4-6-17-43(39)51(44)37-25-22-31(23-26-37)38-15-9-16-41-40-14-5-7-19-47(40)53-50(38)41/h1-30H.